The van der Waals surface area contributed by atoms with Crippen molar-refractivity contribution in [2.24, 2.45) is 4.99 Å². The Hall–Kier alpha value is -3.17. The summed E-state index contributed by atoms with van der Waals surface area (Å²) in [5.74, 6) is -2.52. The van der Waals surface area contributed by atoms with E-state index in [1.54, 1.807) is 6.08 Å². The molecule has 1 aromatic carbocycles. The number of phenols is 1. The molecule has 0 aromatic heterocycles. The van der Waals surface area contributed by atoms with Gasteiger partial charge in [-0.15, -0.1) is 0 Å². The smallest absolute Gasteiger partial charge is 0.430 e. The van der Waals surface area contributed by atoms with Crippen molar-refractivity contribution < 1.29 is 33.0 Å². The summed E-state index contributed by atoms with van der Waals surface area (Å²) < 4.78 is 33.8. The summed E-state index contributed by atoms with van der Waals surface area (Å²) >= 11 is 0. The molecule has 0 saturated heterocycles. The van der Waals surface area contributed by atoms with Gasteiger partial charge in [-0.05, 0) is 18.1 Å². The van der Waals surface area contributed by atoms with Crippen LogP contribution in [0.25, 0.3) is 5.57 Å². The number of alkyl halides is 3. The molecule has 7 nitrogen and oxygen atoms in total. The molecule has 0 saturated carbocycles. The molecular weight excluding hydrogens is 403 g/mol. The number of allylic oxidation sites excluding steroid dienone is 1. The Kier molecular flexibility index (Phi) is 3.72. The largest absolute Gasteiger partial charge is 0.542 e. The molecule has 30 heavy (non-hydrogen) atoms. The van der Waals surface area contributed by atoms with E-state index in [1.165, 1.54) is 11.1 Å². The van der Waals surface area contributed by atoms with Crippen LogP contribution in [0.15, 0.2) is 17.1 Å². The predicted molar refractivity (Wildman–Crippen MR) is 98.0 cm³/mol. The van der Waals surface area contributed by atoms with Gasteiger partial charge in [-0.3, -0.25) is 9.79 Å². The van der Waals surface area contributed by atoms with Crippen LogP contribution in [0.4, 0.5) is 24.5 Å². The number of carbonyl (C=O) groups excluding carboxylic acids is 2. The van der Waals surface area contributed by atoms with Crippen LogP contribution < -0.4 is 25.6 Å². The number of aromatic hydroxyl groups is 1. The number of halogens is 3. The van der Waals surface area contributed by atoms with Gasteiger partial charge in [-0.25, -0.2) is 4.58 Å². The summed E-state index contributed by atoms with van der Waals surface area (Å²) in [4.78, 5) is 25.8. The molecule has 4 aliphatic heterocycles. The van der Waals surface area contributed by atoms with Gasteiger partial charge in [0.15, 0.2) is 5.75 Å². The minimum atomic E-state index is -5.19. The monoisotopic (exact) mass is 419 g/mol. The number of aliphatic imine (C=N–C) groups is 1. The molecular formula is C20H16F3N3O4. The maximum atomic E-state index is 12.5. The van der Waals surface area contributed by atoms with Gasteiger partial charge in [0.2, 0.25) is 17.2 Å². The Bertz CT molecular complexity index is 1220. The highest BCUT2D eigenvalue weighted by Gasteiger charge is 2.53. The average molecular weight is 419 g/mol. The van der Waals surface area contributed by atoms with Crippen LogP contribution in [-0.4, -0.2) is 48.4 Å². The maximum Gasteiger partial charge on any atom is 0.430 e. The zero-order valence-electron chi connectivity index (χ0n) is 15.5. The Balaban J connectivity index is 0.000000241. The normalized spacial score (nSPS) is 26.6. The van der Waals surface area contributed by atoms with Gasteiger partial charge in [0.25, 0.3) is 0 Å². The number of nitrogens with zero attached hydrogens (tertiary/aromatic N) is 2. The fourth-order valence-corrected chi connectivity index (χ4v) is 5.18. The molecule has 2 atom stereocenters. The second kappa shape index (κ2) is 5.93. The third-order valence-electron chi connectivity index (χ3n) is 6.43. The van der Waals surface area contributed by atoms with Crippen LogP contribution in [0.2, 0.25) is 0 Å². The summed E-state index contributed by atoms with van der Waals surface area (Å²) in [6, 6.07) is -0.0609. The molecule has 1 spiro atoms. The Morgan fingerprint density at radius 2 is 2.13 bits per heavy atom. The molecule has 0 fully saturated rings. The fraction of sp³-hybridized carbons (Fsp3) is 0.400. The average Bonchev–Trinajstić information content (AvgIpc) is 3.13. The van der Waals surface area contributed by atoms with Crippen molar-refractivity contribution in [3.8, 4) is 5.75 Å². The van der Waals surface area contributed by atoms with E-state index in [9.17, 15) is 23.1 Å². The number of phenolic OH excluding ortho intramolecular Hbond substituents is 1. The van der Waals surface area contributed by atoms with Gasteiger partial charge in [0, 0.05) is 31.0 Å². The third-order valence-corrected chi connectivity index (χ3v) is 6.43. The second-order valence-corrected chi connectivity index (χ2v) is 7.97. The first kappa shape index (κ1) is 18.8. The van der Waals surface area contributed by atoms with Gasteiger partial charge in [-0.1, -0.05) is 6.08 Å². The highest BCUT2D eigenvalue weighted by molar-refractivity contribution is 6.08. The van der Waals surface area contributed by atoms with E-state index in [1.807, 2.05) is 6.21 Å². The van der Waals surface area contributed by atoms with Crippen molar-refractivity contribution in [3.05, 3.63) is 28.3 Å². The molecule has 156 valence electrons. The summed E-state index contributed by atoms with van der Waals surface area (Å²) in [6.45, 7) is 1.66. The molecule has 6 rings (SSSR count). The van der Waals surface area contributed by atoms with Crippen molar-refractivity contribution in [3.63, 3.8) is 0 Å². The van der Waals surface area contributed by atoms with E-state index in [-0.39, 0.29) is 23.0 Å². The molecule has 5 aliphatic rings. The zero-order chi connectivity index (χ0) is 21.4. The van der Waals surface area contributed by atoms with E-state index >= 15 is 0 Å². The fourth-order valence-electron chi connectivity index (χ4n) is 5.18. The van der Waals surface area contributed by atoms with Gasteiger partial charge >= 0.3 is 6.18 Å². The lowest BCUT2D eigenvalue weighted by atomic mass is 9.64. The molecule has 1 aliphatic carbocycles. The lowest BCUT2D eigenvalue weighted by Gasteiger charge is -2.43. The van der Waals surface area contributed by atoms with Crippen LogP contribution >= 0.6 is 0 Å². The number of carboxylic acids is 1. The number of rotatable bonds is 0. The van der Waals surface area contributed by atoms with E-state index < -0.39 is 12.1 Å². The van der Waals surface area contributed by atoms with E-state index in [0.29, 0.717) is 5.69 Å². The predicted octanol–water partition coefficient (Wildman–Crippen LogP) is -0.583. The first-order chi connectivity index (χ1) is 14.1. The summed E-state index contributed by atoms with van der Waals surface area (Å²) in [6.07, 6.45) is 3.24. The topological polar surface area (TPSA) is 105 Å². The molecule has 2 N–H and O–H groups in total. The molecule has 10 heteroatoms. The van der Waals surface area contributed by atoms with Crippen LogP contribution in [0, 0.1) is 0 Å². The van der Waals surface area contributed by atoms with Crippen molar-refractivity contribution in [2.75, 3.05) is 18.4 Å². The van der Waals surface area contributed by atoms with Crippen LogP contribution in [-0.2, 0) is 15.0 Å². The van der Waals surface area contributed by atoms with E-state index in [0.717, 1.165) is 48.6 Å². The van der Waals surface area contributed by atoms with E-state index in [2.05, 4.69) is 21.0 Å². The first-order valence-electron chi connectivity index (χ1n) is 9.49. The molecule has 2 bridgehead atoms. The van der Waals surface area contributed by atoms with Crippen molar-refractivity contribution in [2.45, 2.75) is 36.9 Å². The summed E-state index contributed by atoms with van der Waals surface area (Å²) in [7, 11) is 0. The van der Waals surface area contributed by atoms with Gasteiger partial charge < -0.3 is 20.3 Å². The quantitative estimate of drug-likeness (QED) is 0.433. The van der Waals surface area contributed by atoms with Crippen molar-refractivity contribution in [1.82, 2.24) is 4.58 Å². The number of ketones is 1. The van der Waals surface area contributed by atoms with Crippen LogP contribution in [0.1, 0.15) is 24.8 Å². The molecule has 0 amide bonds. The standard InChI is InChI=1S/C18H15N3O2.C2HF3O2/c22-11-1-3-18-4-5-19-15-13(18)16-12-9(8-20-14(12)17(15)23)2-6-21(16)10(11)7-18;3-2(4,5)1(6)7/h1,3,8,10H,2,4-7H2,(H,19,20,23);(H,6,7)/t10-,18+;/m0./s1. The summed E-state index contributed by atoms with van der Waals surface area (Å²) in [5, 5.41) is 25.2. The highest BCUT2D eigenvalue weighted by Crippen LogP contribution is 2.49. The lowest BCUT2D eigenvalue weighted by Crippen LogP contribution is -2.63. The summed E-state index contributed by atoms with van der Waals surface area (Å²) in [5.41, 5.74) is 3.76. The number of carbonyl (C=O) groups is 2. The molecule has 0 radical (unpaired) electrons. The highest BCUT2D eigenvalue weighted by atomic mass is 19.4. The second-order valence-electron chi connectivity index (χ2n) is 7.97. The number of aliphatic carboxylic acids is 1. The maximum absolute atomic E-state index is 12.5. The molecule has 0 unspecified atom stereocenters. The lowest BCUT2D eigenvalue weighted by molar-refractivity contribution is -0.344. The van der Waals surface area contributed by atoms with E-state index in [4.69, 9.17) is 9.90 Å². The number of fused-ring (bicyclic) bond motifs is 2. The Morgan fingerprint density at radius 1 is 1.40 bits per heavy atom. The minimum absolute atomic E-state index is 0.0609. The number of hydrogen-bond acceptors (Lipinski definition) is 6. The van der Waals surface area contributed by atoms with Crippen LogP contribution in [0.5, 0.6) is 5.75 Å². The van der Waals surface area contributed by atoms with Crippen molar-refractivity contribution in [1.29, 1.82) is 0 Å². The third kappa shape index (κ3) is 2.39. The van der Waals surface area contributed by atoms with Crippen LogP contribution in [0.3, 0.4) is 0 Å². The number of benzene rings is 1. The van der Waals surface area contributed by atoms with Gasteiger partial charge in [0.05, 0.1) is 16.5 Å². The zero-order valence-corrected chi connectivity index (χ0v) is 15.5. The Labute approximate surface area is 167 Å². The number of anilines is 1. The first-order valence-corrected chi connectivity index (χ1v) is 9.49. The SMILES string of the molecule is O=C([O-])C(F)(F)F.O=C1C=C[C@]23CCNc4c(O)c5c6c(c42)=[N+](CCC=6C=N5)[C@H]1C3. The van der Waals surface area contributed by atoms with Crippen molar-refractivity contribution >= 4 is 34.9 Å². The number of hydrogen-bond donors (Lipinski definition) is 2. The minimum Gasteiger partial charge on any atom is -0.542 e. The number of nitrogens with one attached hydrogen (secondary N) is 1. The molecule has 1 aromatic rings. The molecule has 4 heterocycles. The van der Waals surface area contributed by atoms with Gasteiger partial charge in [-0.2, -0.15) is 13.2 Å². The Morgan fingerprint density at radius 3 is 2.83 bits per heavy atom. The number of carboxylic acid groups (broad SMARTS) is 1. The van der Waals surface area contributed by atoms with Gasteiger partial charge in [0.1, 0.15) is 18.2 Å².